The number of carbonyl (C=O) groups excluding carboxylic acids is 1. The molecule has 7 heteroatoms. The molecule has 2 atom stereocenters. The number of hydrogen-bond donors (Lipinski definition) is 2. The largest absolute Gasteiger partial charge is 0.365 e. The van der Waals surface area contributed by atoms with Gasteiger partial charge in [-0.15, -0.1) is 24.9 Å². The summed E-state index contributed by atoms with van der Waals surface area (Å²) < 4.78 is 0. The van der Waals surface area contributed by atoms with E-state index in [1.54, 1.807) is 0 Å². The van der Waals surface area contributed by atoms with Gasteiger partial charge in [0.2, 0.25) is 0 Å². The van der Waals surface area contributed by atoms with Crippen LogP contribution in [0.5, 0.6) is 0 Å². The zero-order chi connectivity index (χ0) is 14.7. The number of nitrogens with zero attached hydrogens (tertiary/aromatic N) is 1. The average Bonchev–Trinajstić information content (AvgIpc) is 3.01. The summed E-state index contributed by atoms with van der Waals surface area (Å²) in [5.74, 6) is 2.22. The smallest absolute Gasteiger partial charge is 0.279 e. The first-order valence-electron chi connectivity index (χ1n) is 6.54. The summed E-state index contributed by atoms with van der Waals surface area (Å²) in [7, 11) is 1.99. The predicted octanol–water partition coefficient (Wildman–Crippen LogP) is 2.72. The molecule has 125 valence electrons. The van der Waals surface area contributed by atoms with Crippen LogP contribution >= 0.6 is 23.5 Å². The van der Waals surface area contributed by atoms with Crippen LogP contribution in [0.2, 0.25) is 0 Å². The number of rotatable bonds is 2. The zero-order valence-corrected chi connectivity index (χ0v) is 17.3. The monoisotopic (exact) mass is 410 g/mol. The van der Waals surface area contributed by atoms with Crippen LogP contribution in [0.4, 0.5) is 4.79 Å². The number of thioether (sulfide) groups is 2. The van der Waals surface area contributed by atoms with Gasteiger partial charge in [0.1, 0.15) is 0 Å². The maximum Gasteiger partial charge on any atom is 0.279 e. The Hall–Kier alpha value is 1.19. The summed E-state index contributed by atoms with van der Waals surface area (Å²) in [6.07, 6.45) is 0. The Morgan fingerprint density at radius 2 is 1.90 bits per heavy atom. The minimum atomic E-state index is 0. The second-order valence-electron chi connectivity index (χ2n) is 4.41. The van der Waals surface area contributed by atoms with Crippen molar-refractivity contribution in [2.24, 2.45) is 0 Å². The Morgan fingerprint density at radius 1 is 1.33 bits per heavy atom. The zero-order valence-electron chi connectivity index (χ0n) is 12.9. The molecule has 0 aromatic heterocycles. The molecule has 1 radical (unpaired) electrons. The fourth-order valence-electron chi connectivity index (χ4n) is 1.15. The molecule has 2 N–H and O–H groups in total. The average molecular weight is 410 g/mol. The molecule has 2 aliphatic rings. The molecule has 2 fully saturated rings. The van der Waals surface area contributed by atoms with Crippen molar-refractivity contribution < 1.29 is 37.5 Å². The van der Waals surface area contributed by atoms with Crippen LogP contribution in [0, 0.1) is 13.8 Å². The van der Waals surface area contributed by atoms with Gasteiger partial charge >= 0.3 is 0 Å². The van der Waals surface area contributed by atoms with E-state index < -0.39 is 0 Å². The number of carbonyl (C=O) groups is 1. The molecule has 0 saturated carbocycles. The van der Waals surface area contributed by atoms with Gasteiger partial charge in [0, 0.05) is 56.8 Å². The first-order valence-corrected chi connectivity index (χ1v) is 8.58. The van der Waals surface area contributed by atoms with Crippen LogP contribution in [0.15, 0.2) is 0 Å². The Morgan fingerprint density at radius 3 is 2.00 bits per heavy atom. The Labute approximate surface area is 165 Å². The van der Waals surface area contributed by atoms with Crippen LogP contribution in [-0.4, -0.2) is 59.7 Å². The third-order valence-corrected chi connectivity index (χ3v) is 4.65. The van der Waals surface area contributed by atoms with Gasteiger partial charge in [-0.1, -0.05) is 19.2 Å². The van der Waals surface area contributed by atoms with Gasteiger partial charge in [-0.2, -0.15) is 0 Å². The van der Waals surface area contributed by atoms with Gasteiger partial charge in [-0.05, 0) is 20.9 Å². The Kier molecular flexibility index (Phi) is 22.6. The van der Waals surface area contributed by atoms with E-state index in [2.05, 4.69) is 31.4 Å². The summed E-state index contributed by atoms with van der Waals surface area (Å²) >= 11 is 3.34. The number of amides is 1. The summed E-state index contributed by atoms with van der Waals surface area (Å²) in [5.41, 5.74) is 0. The van der Waals surface area contributed by atoms with Gasteiger partial charge in [-0.25, -0.2) is 0 Å². The molecule has 2 rings (SSSR count). The van der Waals surface area contributed by atoms with Gasteiger partial charge in [-0.3, -0.25) is 4.79 Å². The molecular formula is C14H31N3OS2Y-2. The molecule has 4 nitrogen and oxygen atoms in total. The van der Waals surface area contributed by atoms with E-state index in [1.807, 2.05) is 30.6 Å². The minimum Gasteiger partial charge on any atom is -0.365 e. The maximum atomic E-state index is 10.3. The quantitative estimate of drug-likeness (QED) is 0.686. The third-order valence-electron chi connectivity index (χ3n) is 2.49. The number of nitrogens with one attached hydrogen (secondary N) is 2. The van der Waals surface area contributed by atoms with Crippen LogP contribution < -0.4 is 10.6 Å². The van der Waals surface area contributed by atoms with Crippen LogP contribution in [0.1, 0.15) is 21.3 Å². The van der Waals surface area contributed by atoms with E-state index in [-0.39, 0.29) is 45.4 Å². The molecule has 1 amide bonds. The molecule has 2 unspecified atom stereocenters. The van der Waals surface area contributed by atoms with Crippen molar-refractivity contribution in [3.8, 4) is 0 Å². The standard InChI is InChI=1S/C5H11N.C4H7NOS.C4H9NS.CH4.Y/c1-4-6(3)5-2;1-3-2-7-4(6)5-3;1-4-5-2-3-6-4;;/h1-2,4-5H2,3H3;3H,2H2,1H3,(H,5,6);4-5H,2-3H2,1H3;1H4;/q-2;;;;. The first-order chi connectivity index (χ1) is 8.99. The van der Waals surface area contributed by atoms with E-state index >= 15 is 0 Å². The van der Waals surface area contributed by atoms with Crippen molar-refractivity contribution in [3.05, 3.63) is 13.8 Å². The van der Waals surface area contributed by atoms with Crippen LogP contribution in [-0.2, 0) is 32.7 Å². The van der Waals surface area contributed by atoms with E-state index in [1.165, 1.54) is 24.1 Å². The second-order valence-corrected chi connectivity index (χ2v) is 6.86. The van der Waals surface area contributed by atoms with Crippen molar-refractivity contribution in [3.63, 3.8) is 0 Å². The molecule has 0 aromatic rings. The molecule has 0 aromatic carbocycles. The van der Waals surface area contributed by atoms with E-state index in [0.29, 0.717) is 11.4 Å². The molecule has 0 bridgehead atoms. The van der Waals surface area contributed by atoms with Crippen molar-refractivity contribution in [2.75, 3.05) is 38.2 Å². The van der Waals surface area contributed by atoms with Crippen molar-refractivity contribution in [1.29, 1.82) is 0 Å². The molecule has 2 heterocycles. The minimum absolute atomic E-state index is 0. The van der Waals surface area contributed by atoms with Crippen molar-refractivity contribution >= 4 is 28.8 Å². The third kappa shape index (κ3) is 17.4. The predicted molar refractivity (Wildman–Crippen MR) is 95.3 cm³/mol. The van der Waals surface area contributed by atoms with E-state index in [9.17, 15) is 4.79 Å². The maximum absolute atomic E-state index is 10.3. The summed E-state index contributed by atoms with van der Waals surface area (Å²) in [6, 6.07) is 0.387. The van der Waals surface area contributed by atoms with Crippen LogP contribution in [0.3, 0.4) is 0 Å². The van der Waals surface area contributed by atoms with Crippen LogP contribution in [0.25, 0.3) is 0 Å². The van der Waals surface area contributed by atoms with E-state index in [4.69, 9.17) is 0 Å². The SMILES string of the molecule is C.CC1CSC(=O)N1.CC1NCCS1.[CH2-]CN(C)C[CH2-].[Y]. The Balaban J connectivity index is -0.000000222. The fraction of sp³-hybridized carbons (Fsp3) is 0.786. The molecule has 2 saturated heterocycles. The second kappa shape index (κ2) is 17.5. The molecular weight excluding hydrogens is 379 g/mol. The van der Waals surface area contributed by atoms with Gasteiger partial charge in [0.15, 0.2) is 0 Å². The summed E-state index contributed by atoms with van der Waals surface area (Å²) in [4.78, 5) is 12.3. The molecule has 21 heavy (non-hydrogen) atoms. The van der Waals surface area contributed by atoms with Crippen molar-refractivity contribution in [1.82, 2.24) is 15.5 Å². The molecule has 0 aliphatic carbocycles. The topological polar surface area (TPSA) is 44.4 Å². The summed E-state index contributed by atoms with van der Waals surface area (Å²) in [5, 5.41) is 6.85. The van der Waals surface area contributed by atoms with E-state index in [0.717, 1.165) is 18.8 Å². The molecule has 0 spiro atoms. The first kappa shape index (κ1) is 27.1. The normalized spacial score (nSPS) is 22.9. The number of hydrogen-bond acceptors (Lipinski definition) is 5. The van der Waals surface area contributed by atoms with Gasteiger partial charge in [0.05, 0.1) is 5.37 Å². The Bertz CT molecular complexity index is 238. The van der Waals surface area contributed by atoms with Gasteiger partial charge < -0.3 is 29.4 Å². The van der Waals surface area contributed by atoms with Gasteiger partial charge in [0.25, 0.3) is 5.24 Å². The summed E-state index contributed by atoms with van der Waals surface area (Å²) in [6.45, 7) is 14.4. The van der Waals surface area contributed by atoms with Crippen molar-refractivity contribution in [2.45, 2.75) is 32.7 Å². The molecule has 2 aliphatic heterocycles. The fourth-order valence-corrected chi connectivity index (χ4v) is 2.75.